The van der Waals surface area contributed by atoms with Crippen molar-refractivity contribution in [2.75, 3.05) is 0 Å². The summed E-state index contributed by atoms with van der Waals surface area (Å²) in [5.74, 6) is -0.931. The SMILES string of the molecule is C.CCCCCCCCCC=CC=CC=CC=CC=CC(=O)O. The van der Waals surface area contributed by atoms with Crippen LogP contribution in [0.2, 0.25) is 0 Å². The van der Waals surface area contributed by atoms with Crippen molar-refractivity contribution in [3.8, 4) is 0 Å². The molecule has 0 atom stereocenters. The maximum Gasteiger partial charge on any atom is 0.328 e. The minimum absolute atomic E-state index is 0. The van der Waals surface area contributed by atoms with Gasteiger partial charge in [0.1, 0.15) is 0 Å². The Balaban J connectivity index is 0. The molecule has 2 nitrogen and oxygen atoms in total. The van der Waals surface area contributed by atoms with Gasteiger partial charge in [0, 0.05) is 6.08 Å². The number of carboxylic acid groups (broad SMARTS) is 1. The Bertz CT molecular complexity index is 398. The number of aliphatic carboxylic acids is 1. The lowest BCUT2D eigenvalue weighted by molar-refractivity contribution is -0.131. The Morgan fingerprint density at radius 1 is 0.739 bits per heavy atom. The summed E-state index contributed by atoms with van der Waals surface area (Å²) >= 11 is 0. The number of carboxylic acids is 1. The molecule has 0 aromatic rings. The molecule has 0 saturated heterocycles. The van der Waals surface area contributed by atoms with Gasteiger partial charge in [-0.25, -0.2) is 4.79 Å². The minimum Gasteiger partial charge on any atom is -0.478 e. The molecule has 0 saturated carbocycles. The second-order valence-corrected chi connectivity index (χ2v) is 5.19. The Morgan fingerprint density at radius 3 is 1.78 bits per heavy atom. The van der Waals surface area contributed by atoms with Crippen molar-refractivity contribution in [3.05, 3.63) is 60.8 Å². The third-order valence-corrected chi connectivity index (χ3v) is 3.13. The Kier molecular flexibility index (Phi) is 20.6. The highest BCUT2D eigenvalue weighted by Gasteiger charge is 1.88. The van der Waals surface area contributed by atoms with Crippen LogP contribution in [0, 0.1) is 0 Å². The Hall–Kier alpha value is -1.83. The monoisotopic (exact) mass is 318 g/mol. The average molecular weight is 319 g/mol. The summed E-state index contributed by atoms with van der Waals surface area (Å²) in [4.78, 5) is 10.2. The van der Waals surface area contributed by atoms with E-state index in [1.165, 1.54) is 51.0 Å². The summed E-state index contributed by atoms with van der Waals surface area (Å²) in [5.41, 5.74) is 0. The predicted octanol–water partition coefficient (Wildman–Crippen LogP) is 6.63. The summed E-state index contributed by atoms with van der Waals surface area (Å²) < 4.78 is 0. The smallest absolute Gasteiger partial charge is 0.328 e. The number of hydrogen-bond donors (Lipinski definition) is 1. The highest BCUT2D eigenvalue weighted by Crippen LogP contribution is 2.08. The molecule has 2 heteroatoms. The van der Waals surface area contributed by atoms with Crippen LogP contribution in [0.1, 0.15) is 65.7 Å². The lowest BCUT2D eigenvalue weighted by atomic mass is 10.1. The van der Waals surface area contributed by atoms with Gasteiger partial charge in [-0.3, -0.25) is 0 Å². The van der Waals surface area contributed by atoms with E-state index in [1.54, 1.807) is 12.2 Å². The molecule has 0 aromatic carbocycles. The molecule has 0 aliphatic rings. The zero-order chi connectivity index (χ0) is 16.3. The maximum atomic E-state index is 10.2. The highest BCUT2D eigenvalue weighted by molar-refractivity contribution is 5.80. The normalized spacial score (nSPS) is 12.2. The molecule has 0 rings (SSSR count). The van der Waals surface area contributed by atoms with Crippen LogP contribution in [0.15, 0.2) is 60.8 Å². The van der Waals surface area contributed by atoms with E-state index in [-0.39, 0.29) is 7.43 Å². The van der Waals surface area contributed by atoms with E-state index in [0.29, 0.717) is 0 Å². The number of hydrogen-bond acceptors (Lipinski definition) is 1. The standard InChI is InChI=1S/C20H30O2.CH4/c1-2-3-4-5-6-7-8-9-10-11-12-13-14-15-16-17-18-19-20(21)22;/h10-19H,2-9H2,1H3,(H,21,22);1H4. The van der Waals surface area contributed by atoms with E-state index < -0.39 is 5.97 Å². The molecule has 0 fully saturated rings. The number of unbranched alkanes of at least 4 members (excludes halogenated alkanes) is 7. The summed E-state index contributed by atoms with van der Waals surface area (Å²) in [6.45, 7) is 2.25. The van der Waals surface area contributed by atoms with Crippen LogP contribution in [0.25, 0.3) is 0 Å². The van der Waals surface area contributed by atoms with Crippen molar-refractivity contribution >= 4 is 5.97 Å². The van der Waals surface area contributed by atoms with Crippen molar-refractivity contribution in [3.63, 3.8) is 0 Å². The lowest BCUT2D eigenvalue weighted by Crippen LogP contribution is -1.84. The first-order valence-electron chi connectivity index (χ1n) is 8.33. The molecule has 0 unspecified atom stereocenters. The summed E-state index contributed by atoms with van der Waals surface area (Å²) in [5, 5.41) is 8.38. The zero-order valence-electron chi connectivity index (χ0n) is 13.8. The van der Waals surface area contributed by atoms with Crippen molar-refractivity contribution < 1.29 is 9.90 Å². The first-order chi connectivity index (χ1) is 10.8. The molecule has 1 N–H and O–H groups in total. The van der Waals surface area contributed by atoms with Gasteiger partial charge in [0.05, 0.1) is 0 Å². The number of rotatable bonds is 13. The van der Waals surface area contributed by atoms with Crippen LogP contribution in [0.3, 0.4) is 0 Å². The van der Waals surface area contributed by atoms with Crippen LogP contribution in [-0.4, -0.2) is 11.1 Å². The molecule has 130 valence electrons. The van der Waals surface area contributed by atoms with Gasteiger partial charge in [-0.05, 0) is 12.8 Å². The fourth-order valence-electron chi connectivity index (χ4n) is 1.92. The fourth-order valence-corrected chi connectivity index (χ4v) is 1.92. The second kappa shape index (κ2) is 20.2. The fraction of sp³-hybridized carbons (Fsp3) is 0.476. The van der Waals surface area contributed by atoms with Gasteiger partial charge < -0.3 is 5.11 Å². The number of allylic oxidation sites excluding steroid dienone is 9. The van der Waals surface area contributed by atoms with Crippen molar-refractivity contribution in [1.82, 2.24) is 0 Å². The summed E-state index contributed by atoms with van der Waals surface area (Å²) in [6.07, 6.45) is 28.8. The third-order valence-electron chi connectivity index (χ3n) is 3.13. The quantitative estimate of drug-likeness (QED) is 0.235. The molecule has 0 amide bonds. The maximum absolute atomic E-state index is 10.2. The average Bonchev–Trinajstić information content (AvgIpc) is 2.50. The highest BCUT2D eigenvalue weighted by atomic mass is 16.4. The van der Waals surface area contributed by atoms with Gasteiger partial charge in [-0.1, -0.05) is 108 Å². The molecule has 23 heavy (non-hydrogen) atoms. The minimum atomic E-state index is -0.931. The first-order valence-corrected chi connectivity index (χ1v) is 8.33. The van der Waals surface area contributed by atoms with E-state index in [2.05, 4.69) is 19.1 Å². The first kappa shape index (κ1) is 23.4. The van der Waals surface area contributed by atoms with Gasteiger partial charge in [-0.2, -0.15) is 0 Å². The Labute approximate surface area is 143 Å². The second-order valence-electron chi connectivity index (χ2n) is 5.19. The van der Waals surface area contributed by atoms with Gasteiger partial charge in [-0.15, -0.1) is 0 Å². The van der Waals surface area contributed by atoms with E-state index in [1.807, 2.05) is 24.3 Å². The number of carbonyl (C=O) groups is 1. The van der Waals surface area contributed by atoms with Crippen molar-refractivity contribution in [2.45, 2.75) is 65.7 Å². The van der Waals surface area contributed by atoms with Gasteiger partial charge in [0.15, 0.2) is 0 Å². The van der Waals surface area contributed by atoms with E-state index in [9.17, 15) is 4.79 Å². The van der Waals surface area contributed by atoms with Crippen LogP contribution in [-0.2, 0) is 4.79 Å². The molecule has 0 aliphatic carbocycles. The predicted molar refractivity (Wildman–Crippen MR) is 103 cm³/mol. The summed E-state index contributed by atoms with van der Waals surface area (Å²) in [6, 6.07) is 0. The van der Waals surface area contributed by atoms with Crippen LogP contribution >= 0.6 is 0 Å². The zero-order valence-corrected chi connectivity index (χ0v) is 13.8. The molecule has 0 bridgehead atoms. The third kappa shape index (κ3) is 22.6. The van der Waals surface area contributed by atoms with Gasteiger partial charge >= 0.3 is 5.97 Å². The van der Waals surface area contributed by atoms with Gasteiger partial charge in [0.2, 0.25) is 0 Å². The molecule has 0 aromatic heterocycles. The van der Waals surface area contributed by atoms with E-state index in [0.717, 1.165) is 12.5 Å². The van der Waals surface area contributed by atoms with Crippen LogP contribution in [0.5, 0.6) is 0 Å². The molecule has 0 radical (unpaired) electrons. The lowest BCUT2D eigenvalue weighted by Gasteiger charge is -1.98. The molecular formula is C21H34O2. The molecule has 0 heterocycles. The van der Waals surface area contributed by atoms with Crippen LogP contribution in [0.4, 0.5) is 0 Å². The Morgan fingerprint density at radius 2 is 1.22 bits per heavy atom. The van der Waals surface area contributed by atoms with E-state index >= 15 is 0 Å². The summed E-state index contributed by atoms with van der Waals surface area (Å²) in [7, 11) is 0. The molecular weight excluding hydrogens is 284 g/mol. The van der Waals surface area contributed by atoms with Crippen LogP contribution < -0.4 is 0 Å². The molecule has 0 spiro atoms. The molecule has 0 aliphatic heterocycles. The van der Waals surface area contributed by atoms with Crippen molar-refractivity contribution in [1.29, 1.82) is 0 Å². The van der Waals surface area contributed by atoms with E-state index in [4.69, 9.17) is 5.11 Å². The topological polar surface area (TPSA) is 37.3 Å². The van der Waals surface area contributed by atoms with Gasteiger partial charge in [0.25, 0.3) is 0 Å². The largest absolute Gasteiger partial charge is 0.478 e. The van der Waals surface area contributed by atoms with Crippen molar-refractivity contribution in [2.24, 2.45) is 0 Å².